The molecule has 4 heterocycles. The third-order valence-corrected chi connectivity index (χ3v) is 14.9. The lowest BCUT2D eigenvalue weighted by atomic mass is 9.86. The second-order valence-corrected chi connectivity index (χ2v) is 18.8. The Morgan fingerprint density at radius 1 is 0.380 bits per heavy atom. The van der Waals surface area contributed by atoms with Gasteiger partial charge in [-0.1, -0.05) is 127 Å². The zero-order chi connectivity index (χ0) is 46.6. The molecule has 3 aromatic heterocycles. The van der Waals surface area contributed by atoms with E-state index in [4.69, 9.17) is 9.15 Å². The number of hydrogen-bond acceptors (Lipinski definition) is 3. The predicted octanol–water partition coefficient (Wildman–Crippen LogP) is 17.5. The van der Waals surface area contributed by atoms with Crippen molar-refractivity contribution in [3.63, 3.8) is 0 Å². The van der Waals surface area contributed by atoms with Gasteiger partial charge < -0.3 is 23.2 Å². The number of furan rings is 1. The number of para-hydroxylation sites is 5. The van der Waals surface area contributed by atoms with Gasteiger partial charge in [0.05, 0.1) is 28.1 Å². The van der Waals surface area contributed by atoms with Gasteiger partial charge in [0.2, 0.25) is 0 Å². The highest BCUT2D eigenvalue weighted by Gasteiger charge is 2.38. The van der Waals surface area contributed by atoms with Crippen LogP contribution >= 0.6 is 0 Å². The van der Waals surface area contributed by atoms with Crippen LogP contribution in [0.4, 0.5) is 11.4 Å². The molecule has 5 nitrogen and oxygen atoms in total. The van der Waals surface area contributed by atoms with E-state index in [1.807, 2.05) is 30.3 Å². The quantitative estimate of drug-likeness (QED) is 0.160. The Morgan fingerprint density at radius 2 is 0.930 bits per heavy atom. The van der Waals surface area contributed by atoms with Gasteiger partial charge >= 0.3 is 0 Å². The van der Waals surface area contributed by atoms with E-state index in [0.29, 0.717) is 0 Å². The van der Waals surface area contributed by atoms with Crippen molar-refractivity contribution < 1.29 is 9.15 Å². The monoisotopic (exact) mass is 909 g/mol. The van der Waals surface area contributed by atoms with Crippen LogP contribution < -0.4 is 9.64 Å². The SMILES string of the molecule is C1=CC2C(C=C1c1ccc3c(c1)c1cc(-c4ccc5c(c4)c4ccccc4n5-c4ccccc4)ccc1n3-c1ccc(Oc3ccc4c(c3)oc3ccccc34)cc1)c1ccccc1N2c1ccccc1. The molecule has 2 aliphatic rings. The number of aromatic nitrogens is 2. The van der Waals surface area contributed by atoms with Crippen LogP contribution in [0.1, 0.15) is 17.0 Å². The first-order valence-electron chi connectivity index (χ1n) is 24.4. The van der Waals surface area contributed by atoms with E-state index in [9.17, 15) is 0 Å². The molecule has 71 heavy (non-hydrogen) atoms. The highest BCUT2D eigenvalue weighted by molar-refractivity contribution is 6.13. The average Bonchev–Trinajstić information content (AvgIpc) is 4.17. The van der Waals surface area contributed by atoms with Crippen LogP contribution in [0, 0.1) is 0 Å². The van der Waals surface area contributed by atoms with Crippen LogP contribution in [0.2, 0.25) is 0 Å². The topological polar surface area (TPSA) is 35.5 Å². The molecular formula is C66H43N3O2. The van der Waals surface area contributed by atoms with Crippen molar-refractivity contribution in [2.75, 3.05) is 4.90 Å². The minimum absolute atomic E-state index is 0.200. The van der Waals surface area contributed by atoms with Gasteiger partial charge in [-0.25, -0.2) is 0 Å². The molecule has 0 fully saturated rings. The number of nitrogens with zero attached hydrogens (tertiary/aromatic N) is 3. The first-order chi connectivity index (χ1) is 35.2. The number of anilines is 2. The average molecular weight is 910 g/mol. The lowest BCUT2D eigenvalue weighted by Gasteiger charge is -2.29. The smallest absolute Gasteiger partial charge is 0.139 e. The lowest BCUT2D eigenvalue weighted by Crippen LogP contribution is -2.28. The largest absolute Gasteiger partial charge is 0.457 e. The van der Waals surface area contributed by atoms with Crippen molar-refractivity contribution >= 4 is 82.5 Å². The van der Waals surface area contributed by atoms with Gasteiger partial charge in [-0.3, -0.25) is 0 Å². The zero-order valence-corrected chi connectivity index (χ0v) is 38.5. The highest BCUT2D eigenvalue weighted by Crippen LogP contribution is 2.49. The Bertz CT molecular complexity index is 4330. The number of benzene rings is 10. The summed E-state index contributed by atoms with van der Waals surface area (Å²) < 4.78 is 17.4. The molecule has 0 saturated heterocycles. The third-order valence-electron chi connectivity index (χ3n) is 14.9. The maximum atomic E-state index is 6.46. The molecule has 1 aliphatic carbocycles. The molecule has 0 radical (unpaired) electrons. The normalized spacial score (nSPS) is 15.3. The molecule has 0 saturated carbocycles. The molecule has 13 aromatic rings. The van der Waals surface area contributed by atoms with Crippen molar-refractivity contribution in [3.8, 4) is 34.0 Å². The standard InChI is InChI=1S/C66H43N3O2/c1-3-13-46(14-4-1)67-59-20-10-7-17-51(59)55-37-42(23-33-61(55)67)44-25-35-63-57(39-44)58-40-45(43-24-34-62-56(38-43)52-18-8-11-21-60(52)68(62)47-15-5-2-6-16-47)26-36-64(58)69(63)48-27-29-49(30-28-48)70-50-31-32-54-53-19-9-12-22-65(53)71-66(54)41-50/h1-41,55,61H. The second kappa shape index (κ2) is 15.6. The van der Waals surface area contributed by atoms with E-state index in [1.54, 1.807) is 0 Å². The van der Waals surface area contributed by atoms with Gasteiger partial charge in [0.25, 0.3) is 0 Å². The van der Waals surface area contributed by atoms with Gasteiger partial charge in [-0.15, -0.1) is 0 Å². The fraction of sp³-hybridized carbons (Fsp3) is 0.0303. The summed E-state index contributed by atoms with van der Waals surface area (Å²) in [5, 5.41) is 7.06. The Morgan fingerprint density at radius 3 is 1.68 bits per heavy atom. The first-order valence-corrected chi connectivity index (χ1v) is 24.4. The zero-order valence-electron chi connectivity index (χ0n) is 38.5. The molecule has 0 amide bonds. The van der Waals surface area contributed by atoms with Crippen molar-refractivity contribution in [1.82, 2.24) is 9.13 Å². The molecule has 0 bridgehead atoms. The highest BCUT2D eigenvalue weighted by atomic mass is 16.5. The molecule has 10 aromatic carbocycles. The van der Waals surface area contributed by atoms with Crippen LogP contribution in [-0.2, 0) is 0 Å². The Labute approximate surface area is 409 Å². The number of fused-ring (bicyclic) bond motifs is 12. The van der Waals surface area contributed by atoms with E-state index >= 15 is 0 Å². The van der Waals surface area contributed by atoms with Crippen molar-refractivity contribution in [2.24, 2.45) is 0 Å². The van der Waals surface area contributed by atoms with Gasteiger partial charge in [0, 0.05) is 67.1 Å². The van der Waals surface area contributed by atoms with E-state index < -0.39 is 0 Å². The van der Waals surface area contributed by atoms with E-state index in [0.717, 1.165) is 55.8 Å². The summed E-state index contributed by atoms with van der Waals surface area (Å²) in [6.07, 6.45) is 7.23. The van der Waals surface area contributed by atoms with E-state index in [1.165, 1.54) is 71.8 Å². The Hall–Kier alpha value is -9.32. The maximum absolute atomic E-state index is 6.46. The van der Waals surface area contributed by atoms with Crippen LogP contribution in [-0.4, -0.2) is 15.2 Å². The summed E-state index contributed by atoms with van der Waals surface area (Å²) in [5.74, 6) is 1.71. The minimum Gasteiger partial charge on any atom is -0.457 e. The van der Waals surface area contributed by atoms with Crippen molar-refractivity contribution in [2.45, 2.75) is 12.0 Å². The molecule has 5 heteroatoms. The summed E-state index contributed by atoms with van der Waals surface area (Å²) in [7, 11) is 0. The van der Waals surface area contributed by atoms with E-state index in [2.05, 4.69) is 232 Å². The first kappa shape index (κ1) is 39.7. The Balaban J connectivity index is 0.849. The lowest BCUT2D eigenvalue weighted by molar-refractivity contribution is 0.482. The molecule has 0 N–H and O–H groups in total. The Kier molecular flexibility index (Phi) is 8.72. The summed E-state index contributed by atoms with van der Waals surface area (Å²) in [6, 6.07) is 82.9. The molecule has 334 valence electrons. The van der Waals surface area contributed by atoms with Crippen LogP contribution in [0.5, 0.6) is 11.5 Å². The van der Waals surface area contributed by atoms with Gasteiger partial charge in [-0.05, 0) is 143 Å². The molecule has 0 spiro atoms. The predicted molar refractivity (Wildman–Crippen MR) is 293 cm³/mol. The summed E-state index contributed by atoms with van der Waals surface area (Å²) in [5.41, 5.74) is 17.2. The summed E-state index contributed by atoms with van der Waals surface area (Å²) >= 11 is 0. The number of hydrogen-bond donors (Lipinski definition) is 0. The van der Waals surface area contributed by atoms with Gasteiger partial charge in [0.1, 0.15) is 22.7 Å². The van der Waals surface area contributed by atoms with Gasteiger partial charge in [-0.2, -0.15) is 0 Å². The van der Waals surface area contributed by atoms with Crippen molar-refractivity contribution in [1.29, 1.82) is 0 Å². The van der Waals surface area contributed by atoms with Crippen LogP contribution in [0.15, 0.2) is 253 Å². The second-order valence-electron chi connectivity index (χ2n) is 18.8. The number of allylic oxidation sites excluding steroid dienone is 2. The molecule has 2 atom stereocenters. The number of ether oxygens (including phenoxy) is 1. The van der Waals surface area contributed by atoms with Crippen LogP contribution in [0.3, 0.4) is 0 Å². The van der Waals surface area contributed by atoms with Crippen molar-refractivity contribution in [3.05, 3.63) is 260 Å². The third kappa shape index (κ3) is 6.26. The van der Waals surface area contributed by atoms with Gasteiger partial charge in [0.15, 0.2) is 0 Å². The fourth-order valence-corrected chi connectivity index (χ4v) is 11.7. The molecular weight excluding hydrogens is 867 g/mol. The summed E-state index contributed by atoms with van der Waals surface area (Å²) in [4.78, 5) is 2.49. The van der Waals surface area contributed by atoms with E-state index in [-0.39, 0.29) is 12.0 Å². The van der Waals surface area contributed by atoms with Crippen LogP contribution in [0.25, 0.3) is 93.6 Å². The minimum atomic E-state index is 0.200. The molecule has 2 unspecified atom stereocenters. The number of rotatable bonds is 7. The molecule has 1 aliphatic heterocycles. The maximum Gasteiger partial charge on any atom is 0.139 e. The summed E-state index contributed by atoms with van der Waals surface area (Å²) in [6.45, 7) is 0. The molecule has 15 rings (SSSR count). The fourth-order valence-electron chi connectivity index (χ4n) is 11.7.